The SMILES string of the molecule is Cc1c(Cl)cccc1N1CC2(CCNCC2)C1. The number of benzene rings is 1. The van der Waals surface area contributed by atoms with Gasteiger partial charge in [-0.05, 0) is 50.6 Å². The van der Waals surface area contributed by atoms with E-state index in [4.69, 9.17) is 11.6 Å². The largest absolute Gasteiger partial charge is 0.370 e. The van der Waals surface area contributed by atoms with Crippen molar-refractivity contribution in [2.24, 2.45) is 5.41 Å². The molecule has 3 rings (SSSR count). The second kappa shape index (κ2) is 4.18. The quantitative estimate of drug-likeness (QED) is 0.825. The molecule has 2 fully saturated rings. The lowest BCUT2D eigenvalue weighted by molar-refractivity contribution is 0.150. The topological polar surface area (TPSA) is 15.3 Å². The number of hydrogen-bond donors (Lipinski definition) is 1. The van der Waals surface area contributed by atoms with E-state index in [1.54, 1.807) is 0 Å². The fourth-order valence-corrected chi connectivity index (χ4v) is 3.32. The highest BCUT2D eigenvalue weighted by atomic mass is 35.5. The molecule has 0 aliphatic carbocycles. The van der Waals surface area contributed by atoms with Crippen molar-refractivity contribution < 1.29 is 0 Å². The van der Waals surface area contributed by atoms with Gasteiger partial charge < -0.3 is 10.2 Å². The van der Waals surface area contributed by atoms with Crippen molar-refractivity contribution in [1.29, 1.82) is 0 Å². The van der Waals surface area contributed by atoms with Crippen molar-refractivity contribution in [3.63, 3.8) is 0 Å². The van der Waals surface area contributed by atoms with Crippen LogP contribution in [0.2, 0.25) is 5.02 Å². The first-order chi connectivity index (χ1) is 8.20. The smallest absolute Gasteiger partial charge is 0.0455 e. The van der Waals surface area contributed by atoms with E-state index in [0.717, 1.165) is 5.02 Å². The van der Waals surface area contributed by atoms with Crippen molar-refractivity contribution in [3.05, 3.63) is 28.8 Å². The summed E-state index contributed by atoms with van der Waals surface area (Å²) in [7, 11) is 0. The average Bonchev–Trinajstić information content (AvgIpc) is 2.31. The zero-order valence-electron chi connectivity index (χ0n) is 10.3. The molecular formula is C14H19ClN2. The average molecular weight is 251 g/mol. The normalized spacial score (nSPS) is 22.6. The molecule has 2 aliphatic rings. The van der Waals surface area contributed by atoms with Gasteiger partial charge in [0, 0.05) is 29.2 Å². The fourth-order valence-electron chi connectivity index (χ4n) is 3.15. The van der Waals surface area contributed by atoms with Crippen LogP contribution in [0.25, 0.3) is 0 Å². The van der Waals surface area contributed by atoms with E-state index in [2.05, 4.69) is 29.3 Å². The highest BCUT2D eigenvalue weighted by molar-refractivity contribution is 6.31. The Morgan fingerprint density at radius 1 is 1.24 bits per heavy atom. The summed E-state index contributed by atoms with van der Waals surface area (Å²) < 4.78 is 0. The van der Waals surface area contributed by atoms with E-state index >= 15 is 0 Å². The van der Waals surface area contributed by atoms with E-state index in [-0.39, 0.29) is 0 Å². The van der Waals surface area contributed by atoms with E-state index < -0.39 is 0 Å². The number of halogens is 1. The first-order valence-corrected chi connectivity index (χ1v) is 6.79. The lowest BCUT2D eigenvalue weighted by Gasteiger charge is -2.54. The van der Waals surface area contributed by atoms with Crippen LogP contribution in [0.15, 0.2) is 18.2 Å². The minimum atomic E-state index is 0.583. The first kappa shape index (κ1) is 11.4. The zero-order valence-corrected chi connectivity index (χ0v) is 11.1. The number of rotatable bonds is 1. The van der Waals surface area contributed by atoms with Gasteiger partial charge in [-0.1, -0.05) is 17.7 Å². The Kier molecular flexibility index (Phi) is 2.80. The minimum Gasteiger partial charge on any atom is -0.370 e. The Bertz CT molecular complexity index is 416. The van der Waals surface area contributed by atoms with Gasteiger partial charge >= 0.3 is 0 Å². The monoisotopic (exact) mass is 250 g/mol. The maximum Gasteiger partial charge on any atom is 0.0455 e. The van der Waals surface area contributed by atoms with Crippen LogP contribution in [-0.2, 0) is 0 Å². The molecular weight excluding hydrogens is 232 g/mol. The maximum absolute atomic E-state index is 6.18. The third kappa shape index (κ3) is 1.94. The van der Waals surface area contributed by atoms with Crippen LogP contribution in [0, 0.1) is 12.3 Å². The number of hydrogen-bond acceptors (Lipinski definition) is 2. The molecule has 0 aromatic heterocycles. The Labute approximate surface area is 108 Å². The van der Waals surface area contributed by atoms with Gasteiger partial charge in [-0.2, -0.15) is 0 Å². The summed E-state index contributed by atoms with van der Waals surface area (Å²) >= 11 is 6.18. The molecule has 17 heavy (non-hydrogen) atoms. The molecule has 1 aromatic carbocycles. The van der Waals surface area contributed by atoms with Crippen molar-refractivity contribution >= 4 is 17.3 Å². The van der Waals surface area contributed by atoms with Crippen LogP contribution in [0.1, 0.15) is 18.4 Å². The molecule has 0 atom stereocenters. The van der Waals surface area contributed by atoms with Crippen LogP contribution in [0.5, 0.6) is 0 Å². The molecule has 0 radical (unpaired) electrons. The van der Waals surface area contributed by atoms with Gasteiger partial charge in [0.2, 0.25) is 0 Å². The van der Waals surface area contributed by atoms with Crippen LogP contribution in [0.3, 0.4) is 0 Å². The van der Waals surface area contributed by atoms with Gasteiger partial charge in [-0.3, -0.25) is 0 Å². The van der Waals surface area contributed by atoms with Gasteiger partial charge in [-0.15, -0.1) is 0 Å². The van der Waals surface area contributed by atoms with E-state index in [0.29, 0.717) is 5.41 Å². The lowest BCUT2D eigenvalue weighted by Crippen LogP contribution is -2.60. The minimum absolute atomic E-state index is 0.583. The van der Waals surface area contributed by atoms with Crippen molar-refractivity contribution in [2.45, 2.75) is 19.8 Å². The Hall–Kier alpha value is -0.730. The molecule has 2 saturated heterocycles. The molecule has 1 spiro atoms. The van der Waals surface area contributed by atoms with Crippen LogP contribution in [-0.4, -0.2) is 26.2 Å². The number of nitrogens with zero attached hydrogens (tertiary/aromatic N) is 1. The van der Waals surface area contributed by atoms with E-state index in [1.165, 1.54) is 50.3 Å². The number of anilines is 1. The summed E-state index contributed by atoms with van der Waals surface area (Å²) in [6.07, 6.45) is 2.65. The van der Waals surface area contributed by atoms with Gasteiger partial charge in [0.1, 0.15) is 0 Å². The van der Waals surface area contributed by atoms with Gasteiger partial charge in [0.25, 0.3) is 0 Å². The molecule has 0 saturated carbocycles. The van der Waals surface area contributed by atoms with Gasteiger partial charge in [-0.25, -0.2) is 0 Å². The second-order valence-corrected chi connectivity index (χ2v) is 5.90. The first-order valence-electron chi connectivity index (χ1n) is 6.41. The Balaban J connectivity index is 1.74. The third-order valence-electron chi connectivity index (χ3n) is 4.30. The zero-order chi connectivity index (χ0) is 11.9. The van der Waals surface area contributed by atoms with E-state index in [9.17, 15) is 0 Å². The molecule has 1 N–H and O–H groups in total. The maximum atomic E-state index is 6.18. The van der Waals surface area contributed by atoms with Crippen molar-refractivity contribution in [1.82, 2.24) is 5.32 Å². The predicted molar refractivity (Wildman–Crippen MR) is 72.9 cm³/mol. The fraction of sp³-hybridized carbons (Fsp3) is 0.571. The standard InChI is InChI=1S/C14H19ClN2/c1-11-12(15)3-2-4-13(11)17-9-14(10-17)5-7-16-8-6-14/h2-4,16H,5-10H2,1H3. The summed E-state index contributed by atoms with van der Waals surface area (Å²) in [4.78, 5) is 2.48. The number of piperidine rings is 1. The molecule has 0 unspecified atom stereocenters. The number of nitrogens with one attached hydrogen (secondary N) is 1. The summed E-state index contributed by atoms with van der Waals surface area (Å²) in [5.41, 5.74) is 3.12. The molecule has 2 heterocycles. The predicted octanol–water partition coefficient (Wildman–Crippen LogP) is 2.84. The molecule has 92 valence electrons. The molecule has 2 aliphatic heterocycles. The van der Waals surface area contributed by atoms with Gasteiger partial charge in [0.15, 0.2) is 0 Å². The van der Waals surface area contributed by atoms with Crippen molar-refractivity contribution in [3.8, 4) is 0 Å². The highest BCUT2D eigenvalue weighted by Gasteiger charge is 2.43. The van der Waals surface area contributed by atoms with Crippen molar-refractivity contribution in [2.75, 3.05) is 31.1 Å². The summed E-state index contributed by atoms with van der Waals surface area (Å²) in [6.45, 7) is 6.89. The summed E-state index contributed by atoms with van der Waals surface area (Å²) in [6, 6.07) is 6.22. The van der Waals surface area contributed by atoms with E-state index in [1.807, 2.05) is 6.07 Å². The van der Waals surface area contributed by atoms with Crippen LogP contribution >= 0.6 is 11.6 Å². The Morgan fingerprint density at radius 3 is 2.65 bits per heavy atom. The molecule has 2 nitrogen and oxygen atoms in total. The lowest BCUT2D eigenvalue weighted by atomic mass is 9.72. The van der Waals surface area contributed by atoms with Crippen LogP contribution in [0.4, 0.5) is 5.69 Å². The summed E-state index contributed by atoms with van der Waals surface area (Å²) in [5.74, 6) is 0. The molecule has 0 bridgehead atoms. The molecule has 1 aromatic rings. The third-order valence-corrected chi connectivity index (χ3v) is 4.71. The second-order valence-electron chi connectivity index (χ2n) is 5.49. The van der Waals surface area contributed by atoms with Gasteiger partial charge in [0.05, 0.1) is 0 Å². The Morgan fingerprint density at radius 2 is 1.94 bits per heavy atom. The highest BCUT2D eigenvalue weighted by Crippen LogP contribution is 2.42. The molecule has 3 heteroatoms. The van der Waals surface area contributed by atoms with Crippen LogP contribution < -0.4 is 10.2 Å². The molecule has 0 amide bonds. The summed E-state index contributed by atoms with van der Waals surface area (Å²) in [5, 5.41) is 4.33.